The summed E-state index contributed by atoms with van der Waals surface area (Å²) in [7, 11) is -3.70. The molecule has 0 aliphatic carbocycles. The van der Waals surface area contributed by atoms with Gasteiger partial charge in [0.2, 0.25) is 10.0 Å². The molecule has 136 valence electrons. The highest BCUT2D eigenvalue weighted by Gasteiger charge is 2.20. The highest BCUT2D eigenvalue weighted by molar-refractivity contribution is 7.89. The molecular formula is C17H21NO6S. The van der Waals surface area contributed by atoms with E-state index in [1.807, 2.05) is 0 Å². The summed E-state index contributed by atoms with van der Waals surface area (Å²) in [5.74, 6) is 2.30. The van der Waals surface area contributed by atoms with E-state index >= 15 is 0 Å². The maximum atomic E-state index is 12.4. The van der Waals surface area contributed by atoms with Crippen LogP contribution in [0.4, 0.5) is 0 Å². The van der Waals surface area contributed by atoms with E-state index in [-0.39, 0.29) is 17.9 Å². The molecule has 7 nitrogen and oxygen atoms in total. The highest BCUT2D eigenvalue weighted by Crippen LogP contribution is 2.32. The van der Waals surface area contributed by atoms with E-state index in [4.69, 9.17) is 13.9 Å². The van der Waals surface area contributed by atoms with Gasteiger partial charge in [0.05, 0.1) is 11.0 Å². The lowest BCUT2D eigenvalue weighted by Crippen LogP contribution is -2.26. The molecule has 1 aliphatic rings. The smallest absolute Gasteiger partial charge is 0.240 e. The molecule has 8 heteroatoms. The highest BCUT2D eigenvalue weighted by atomic mass is 32.2. The van der Waals surface area contributed by atoms with Crippen LogP contribution >= 0.6 is 0 Å². The van der Waals surface area contributed by atoms with Crippen LogP contribution in [0.1, 0.15) is 29.6 Å². The number of fused-ring (bicyclic) bond motifs is 1. The number of furan rings is 1. The quantitative estimate of drug-likeness (QED) is 0.811. The number of rotatable bonds is 6. The lowest BCUT2D eigenvalue weighted by atomic mass is 10.1. The van der Waals surface area contributed by atoms with E-state index in [2.05, 4.69) is 4.72 Å². The second-order valence-corrected chi connectivity index (χ2v) is 7.64. The van der Waals surface area contributed by atoms with Crippen LogP contribution in [0.5, 0.6) is 11.5 Å². The molecule has 1 aliphatic heterocycles. The van der Waals surface area contributed by atoms with E-state index < -0.39 is 16.1 Å². The van der Waals surface area contributed by atoms with Crippen LogP contribution in [-0.4, -0.2) is 33.3 Å². The first kappa shape index (κ1) is 17.8. The predicted octanol–water partition coefficient (Wildman–Crippen LogP) is 2.07. The van der Waals surface area contributed by atoms with Crippen molar-refractivity contribution in [2.45, 2.75) is 31.3 Å². The Morgan fingerprint density at radius 3 is 2.56 bits per heavy atom. The number of benzene rings is 1. The molecule has 0 spiro atoms. The van der Waals surface area contributed by atoms with Gasteiger partial charge in [-0.25, -0.2) is 13.1 Å². The van der Waals surface area contributed by atoms with Crippen molar-refractivity contribution in [3.05, 3.63) is 41.3 Å². The van der Waals surface area contributed by atoms with Crippen LogP contribution in [0.3, 0.4) is 0 Å². The number of hydrogen-bond donors (Lipinski definition) is 2. The Morgan fingerprint density at radius 2 is 1.88 bits per heavy atom. The average molecular weight is 367 g/mol. The topological polar surface area (TPSA) is 98.0 Å². The summed E-state index contributed by atoms with van der Waals surface area (Å²) in [6.07, 6.45) is -0.552. The number of sulfonamides is 1. The zero-order valence-corrected chi connectivity index (χ0v) is 14.9. The summed E-state index contributed by atoms with van der Waals surface area (Å²) in [4.78, 5) is 0.0987. The molecule has 0 bridgehead atoms. The molecule has 1 aromatic carbocycles. The van der Waals surface area contributed by atoms with Crippen LogP contribution in [0.15, 0.2) is 33.6 Å². The van der Waals surface area contributed by atoms with E-state index in [1.165, 1.54) is 12.1 Å². The number of hydrogen-bond acceptors (Lipinski definition) is 6. The Morgan fingerprint density at radius 1 is 1.16 bits per heavy atom. The van der Waals surface area contributed by atoms with Crippen LogP contribution in [-0.2, 0) is 10.0 Å². The molecular weight excluding hydrogens is 346 g/mol. The van der Waals surface area contributed by atoms with Crippen LogP contribution in [0, 0.1) is 13.8 Å². The molecule has 2 aromatic rings. The minimum Gasteiger partial charge on any atom is -0.486 e. The van der Waals surface area contributed by atoms with Gasteiger partial charge < -0.3 is 19.0 Å². The fourth-order valence-electron chi connectivity index (χ4n) is 2.74. The molecule has 25 heavy (non-hydrogen) atoms. The average Bonchev–Trinajstić information content (AvgIpc) is 2.92. The largest absolute Gasteiger partial charge is 0.486 e. The van der Waals surface area contributed by atoms with Crippen molar-refractivity contribution < 1.29 is 27.4 Å². The SMILES string of the molecule is Cc1cc([C@H](O)CCNS(=O)(=O)c2ccc3c(c2)OCCO3)c(C)o1. The molecule has 3 rings (SSSR count). The Labute approximate surface area is 146 Å². The van der Waals surface area contributed by atoms with E-state index in [0.29, 0.717) is 41.8 Å². The lowest BCUT2D eigenvalue weighted by Gasteiger charge is -2.19. The van der Waals surface area contributed by atoms with Gasteiger partial charge in [0.1, 0.15) is 24.7 Å². The number of ether oxygens (including phenoxy) is 2. The summed E-state index contributed by atoms with van der Waals surface area (Å²) >= 11 is 0. The summed E-state index contributed by atoms with van der Waals surface area (Å²) < 4.78 is 43.5. The fourth-order valence-corrected chi connectivity index (χ4v) is 3.80. The van der Waals surface area contributed by atoms with Gasteiger partial charge in [0, 0.05) is 18.2 Å². The van der Waals surface area contributed by atoms with Crippen molar-refractivity contribution in [2.24, 2.45) is 0 Å². The zero-order valence-electron chi connectivity index (χ0n) is 14.1. The van der Waals surface area contributed by atoms with E-state index in [1.54, 1.807) is 26.0 Å². The van der Waals surface area contributed by atoms with Gasteiger partial charge in [-0.2, -0.15) is 0 Å². The van der Waals surface area contributed by atoms with Crippen molar-refractivity contribution in [2.75, 3.05) is 19.8 Å². The second-order valence-electron chi connectivity index (χ2n) is 5.88. The zero-order chi connectivity index (χ0) is 18.0. The normalized spacial score (nSPS) is 15.2. The monoisotopic (exact) mass is 367 g/mol. The first-order valence-corrected chi connectivity index (χ1v) is 9.49. The first-order chi connectivity index (χ1) is 11.9. The maximum Gasteiger partial charge on any atom is 0.240 e. The fraction of sp³-hybridized carbons (Fsp3) is 0.412. The van der Waals surface area contributed by atoms with Gasteiger partial charge in [-0.15, -0.1) is 0 Å². The van der Waals surface area contributed by atoms with Crippen molar-refractivity contribution in [3.8, 4) is 11.5 Å². The maximum absolute atomic E-state index is 12.4. The molecule has 1 aromatic heterocycles. The minimum atomic E-state index is -3.70. The van der Waals surface area contributed by atoms with E-state index in [0.717, 1.165) is 0 Å². The van der Waals surface area contributed by atoms with Gasteiger partial charge in [-0.1, -0.05) is 0 Å². The summed E-state index contributed by atoms with van der Waals surface area (Å²) in [5, 5.41) is 10.2. The third-order valence-corrected chi connectivity index (χ3v) is 5.43. The molecule has 2 heterocycles. The van der Waals surface area contributed by atoms with Crippen LogP contribution in [0.2, 0.25) is 0 Å². The standard InChI is InChI=1S/C17H21NO6S/c1-11-9-14(12(2)24-11)15(19)5-6-18-25(20,21)13-3-4-16-17(10-13)23-8-7-22-16/h3-4,9-10,15,18-19H,5-8H2,1-2H3/t15-/m1/s1. The molecule has 0 saturated carbocycles. The third kappa shape index (κ3) is 3.97. The Balaban J connectivity index is 1.63. The van der Waals surface area contributed by atoms with Gasteiger partial charge in [-0.3, -0.25) is 0 Å². The minimum absolute atomic E-state index is 0.0987. The summed E-state index contributed by atoms with van der Waals surface area (Å²) in [6.45, 7) is 4.50. The van der Waals surface area contributed by atoms with Crippen molar-refractivity contribution in [1.82, 2.24) is 4.72 Å². The second kappa shape index (κ2) is 7.07. The summed E-state index contributed by atoms with van der Waals surface area (Å²) in [5.41, 5.74) is 0.677. The molecule has 1 atom stereocenters. The molecule has 0 saturated heterocycles. The Bertz CT molecular complexity index is 858. The van der Waals surface area contributed by atoms with Crippen LogP contribution < -0.4 is 14.2 Å². The molecule has 0 unspecified atom stereocenters. The van der Waals surface area contributed by atoms with E-state index in [9.17, 15) is 13.5 Å². The van der Waals surface area contributed by atoms with Crippen molar-refractivity contribution >= 4 is 10.0 Å². The van der Waals surface area contributed by atoms with Crippen molar-refractivity contribution in [1.29, 1.82) is 0 Å². The number of nitrogens with one attached hydrogen (secondary N) is 1. The Hall–Kier alpha value is -2.03. The number of aliphatic hydroxyl groups is 1. The molecule has 2 N–H and O–H groups in total. The summed E-state index contributed by atoms with van der Waals surface area (Å²) in [6, 6.07) is 6.25. The van der Waals surface area contributed by atoms with Crippen molar-refractivity contribution in [3.63, 3.8) is 0 Å². The molecule has 0 amide bonds. The number of aryl methyl sites for hydroxylation is 2. The molecule has 0 radical (unpaired) electrons. The number of aliphatic hydroxyl groups excluding tert-OH is 1. The first-order valence-electron chi connectivity index (χ1n) is 8.01. The van der Waals surface area contributed by atoms with Gasteiger partial charge in [-0.05, 0) is 38.5 Å². The Kier molecular flexibility index (Phi) is 5.03. The van der Waals surface area contributed by atoms with Gasteiger partial charge in [0.15, 0.2) is 11.5 Å². The van der Waals surface area contributed by atoms with Gasteiger partial charge >= 0.3 is 0 Å². The molecule has 0 fully saturated rings. The van der Waals surface area contributed by atoms with Gasteiger partial charge in [0.25, 0.3) is 0 Å². The lowest BCUT2D eigenvalue weighted by molar-refractivity contribution is 0.167. The third-order valence-electron chi connectivity index (χ3n) is 3.97. The predicted molar refractivity (Wildman–Crippen MR) is 90.4 cm³/mol. The van der Waals surface area contributed by atoms with Crippen LogP contribution in [0.25, 0.3) is 0 Å².